The van der Waals surface area contributed by atoms with Crippen molar-refractivity contribution in [3.63, 3.8) is 0 Å². The number of benzene rings is 3. The number of fused-ring (bicyclic) bond motifs is 1. The first-order valence-electron chi connectivity index (χ1n) is 8.81. The van der Waals surface area contributed by atoms with Gasteiger partial charge in [-0.1, -0.05) is 42.5 Å². The second-order valence-electron chi connectivity index (χ2n) is 6.63. The van der Waals surface area contributed by atoms with Gasteiger partial charge in [-0.05, 0) is 47.0 Å². The van der Waals surface area contributed by atoms with Gasteiger partial charge in [-0.2, -0.15) is 0 Å². The molecule has 6 nitrogen and oxygen atoms in total. The van der Waals surface area contributed by atoms with Crippen molar-refractivity contribution in [3.8, 4) is 0 Å². The lowest BCUT2D eigenvalue weighted by molar-refractivity contribution is -0.117. The van der Waals surface area contributed by atoms with Gasteiger partial charge in [-0.3, -0.25) is 9.59 Å². The maximum atomic E-state index is 12.6. The lowest BCUT2D eigenvalue weighted by Crippen LogP contribution is -2.39. The Hall–Kier alpha value is -3.22. The van der Waals surface area contributed by atoms with E-state index < -0.39 is 5.91 Å². The predicted molar refractivity (Wildman–Crippen MR) is 105 cm³/mol. The van der Waals surface area contributed by atoms with E-state index >= 15 is 0 Å². The summed E-state index contributed by atoms with van der Waals surface area (Å²) in [5.74, 6) is -0.621. The summed E-state index contributed by atoms with van der Waals surface area (Å²) in [5.41, 5.74) is 13.7. The smallest absolute Gasteiger partial charge is 0.248 e. The number of anilines is 1. The van der Waals surface area contributed by atoms with Crippen molar-refractivity contribution in [2.45, 2.75) is 18.5 Å². The van der Waals surface area contributed by atoms with Crippen LogP contribution in [0.15, 0.2) is 66.7 Å². The first-order valence-corrected chi connectivity index (χ1v) is 8.81. The Labute approximate surface area is 156 Å². The number of amides is 2. The summed E-state index contributed by atoms with van der Waals surface area (Å²) >= 11 is 0. The van der Waals surface area contributed by atoms with Gasteiger partial charge in [0.25, 0.3) is 0 Å². The summed E-state index contributed by atoms with van der Waals surface area (Å²) in [5, 5.41) is 5.23. The molecule has 0 aliphatic carbocycles. The Morgan fingerprint density at radius 1 is 0.926 bits per heavy atom. The predicted octanol–water partition coefficient (Wildman–Crippen LogP) is 2.49. The van der Waals surface area contributed by atoms with Crippen LogP contribution in [0.2, 0.25) is 0 Å². The molecule has 1 aliphatic heterocycles. The zero-order valence-electron chi connectivity index (χ0n) is 14.6. The van der Waals surface area contributed by atoms with E-state index in [4.69, 9.17) is 5.73 Å². The van der Waals surface area contributed by atoms with Crippen LogP contribution in [-0.2, 0) is 4.79 Å². The minimum absolute atomic E-state index is 0.0455. The van der Waals surface area contributed by atoms with E-state index in [1.54, 1.807) is 24.3 Å². The van der Waals surface area contributed by atoms with Gasteiger partial charge < -0.3 is 11.1 Å². The average Bonchev–Trinajstić information content (AvgIpc) is 3.18. The molecule has 2 atom stereocenters. The van der Waals surface area contributed by atoms with Crippen LogP contribution in [0, 0.1) is 0 Å². The van der Waals surface area contributed by atoms with Gasteiger partial charge in [-0.15, -0.1) is 0 Å². The number of carbonyl (C=O) groups is 2. The highest BCUT2D eigenvalue weighted by Gasteiger charge is 2.30. The maximum Gasteiger partial charge on any atom is 0.248 e. The maximum absolute atomic E-state index is 12.6. The molecular formula is C21H20N4O2. The van der Waals surface area contributed by atoms with Crippen LogP contribution < -0.4 is 21.9 Å². The van der Waals surface area contributed by atoms with Crippen LogP contribution in [0.3, 0.4) is 0 Å². The Balaban J connectivity index is 1.46. The second kappa shape index (κ2) is 7.19. The monoisotopic (exact) mass is 360 g/mol. The summed E-state index contributed by atoms with van der Waals surface area (Å²) in [6.07, 6.45) is 0.638. The molecule has 3 aromatic carbocycles. The third kappa shape index (κ3) is 3.53. The number of carbonyl (C=O) groups excluding carboxylic acids is 2. The van der Waals surface area contributed by atoms with E-state index in [1.807, 2.05) is 18.2 Å². The van der Waals surface area contributed by atoms with Crippen molar-refractivity contribution in [2.75, 3.05) is 5.32 Å². The number of rotatable bonds is 4. The number of hydrogen-bond donors (Lipinski definition) is 4. The summed E-state index contributed by atoms with van der Waals surface area (Å²) in [6, 6.07) is 20.6. The summed E-state index contributed by atoms with van der Waals surface area (Å²) in [6.45, 7) is 0. The molecule has 136 valence electrons. The molecular weight excluding hydrogens is 340 g/mol. The molecule has 0 aromatic heterocycles. The molecule has 1 aliphatic rings. The largest absolute Gasteiger partial charge is 0.366 e. The number of nitrogens with one attached hydrogen (secondary N) is 3. The van der Waals surface area contributed by atoms with Crippen LogP contribution in [0.1, 0.15) is 28.4 Å². The molecule has 0 saturated carbocycles. The minimum Gasteiger partial charge on any atom is -0.366 e. The van der Waals surface area contributed by atoms with E-state index in [2.05, 4.69) is 40.4 Å². The molecule has 5 N–H and O–H groups in total. The van der Waals surface area contributed by atoms with E-state index in [1.165, 1.54) is 16.3 Å². The summed E-state index contributed by atoms with van der Waals surface area (Å²) in [4.78, 5) is 23.7. The zero-order valence-corrected chi connectivity index (χ0v) is 14.6. The number of hydrogen-bond acceptors (Lipinski definition) is 4. The molecule has 4 rings (SSSR count). The highest BCUT2D eigenvalue weighted by atomic mass is 16.2. The van der Waals surface area contributed by atoms with Crippen LogP contribution >= 0.6 is 0 Å². The van der Waals surface area contributed by atoms with Crippen molar-refractivity contribution in [1.82, 2.24) is 10.9 Å². The minimum atomic E-state index is -0.493. The standard InChI is InChI=1S/C21H20N4O2/c22-20(26)14-8-10-15(11-9-14)23-21(27)19-12-18(24-25-19)17-7-3-5-13-4-1-2-6-16(13)17/h1-11,18-19,24-25H,12H2,(H2,22,26)(H,23,27). The van der Waals surface area contributed by atoms with Gasteiger partial charge in [0.15, 0.2) is 0 Å². The normalized spacial score (nSPS) is 19.1. The Kier molecular flexibility index (Phi) is 4.58. The van der Waals surface area contributed by atoms with Crippen LogP contribution in [0.4, 0.5) is 5.69 Å². The number of hydrazine groups is 1. The topological polar surface area (TPSA) is 96.2 Å². The molecule has 1 saturated heterocycles. The lowest BCUT2D eigenvalue weighted by Gasteiger charge is -2.13. The van der Waals surface area contributed by atoms with Crippen molar-refractivity contribution < 1.29 is 9.59 Å². The second-order valence-corrected chi connectivity index (χ2v) is 6.63. The number of nitrogens with two attached hydrogens (primary N) is 1. The molecule has 27 heavy (non-hydrogen) atoms. The fraction of sp³-hybridized carbons (Fsp3) is 0.143. The molecule has 0 radical (unpaired) electrons. The van der Waals surface area contributed by atoms with Gasteiger partial charge in [0, 0.05) is 17.3 Å². The molecule has 1 fully saturated rings. The van der Waals surface area contributed by atoms with E-state index in [0.29, 0.717) is 17.7 Å². The average molecular weight is 360 g/mol. The Morgan fingerprint density at radius 2 is 1.67 bits per heavy atom. The molecule has 0 bridgehead atoms. The fourth-order valence-corrected chi connectivity index (χ4v) is 3.43. The van der Waals surface area contributed by atoms with Gasteiger partial charge >= 0.3 is 0 Å². The SMILES string of the molecule is NC(=O)c1ccc(NC(=O)C2CC(c3cccc4ccccc34)NN2)cc1. The molecule has 1 heterocycles. The molecule has 2 amide bonds. The van der Waals surface area contributed by atoms with Gasteiger partial charge in [0.2, 0.25) is 11.8 Å². The van der Waals surface area contributed by atoms with Crippen molar-refractivity contribution in [1.29, 1.82) is 0 Å². The lowest BCUT2D eigenvalue weighted by atomic mass is 9.96. The molecule has 6 heteroatoms. The van der Waals surface area contributed by atoms with Crippen LogP contribution in [-0.4, -0.2) is 17.9 Å². The van der Waals surface area contributed by atoms with E-state index in [9.17, 15) is 9.59 Å². The summed E-state index contributed by atoms with van der Waals surface area (Å²) < 4.78 is 0. The first-order chi connectivity index (χ1) is 13.1. The molecule has 0 spiro atoms. The highest BCUT2D eigenvalue weighted by molar-refractivity contribution is 5.97. The molecule has 2 unspecified atom stereocenters. The number of primary amides is 1. The van der Waals surface area contributed by atoms with Crippen molar-refractivity contribution in [2.24, 2.45) is 5.73 Å². The summed E-state index contributed by atoms with van der Waals surface area (Å²) in [7, 11) is 0. The van der Waals surface area contributed by atoms with Gasteiger partial charge in [-0.25, -0.2) is 10.9 Å². The van der Waals surface area contributed by atoms with Crippen molar-refractivity contribution in [3.05, 3.63) is 77.9 Å². The van der Waals surface area contributed by atoms with E-state index in [-0.39, 0.29) is 18.0 Å². The van der Waals surface area contributed by atoms with Crippen molar-refractivity contribution >= 4 is 28.3 Å². The molecule has 3 aromatic rings. The Morgan fingerprint density at radius 3 is 2.44 bits per heavy atom. The third-order valence-electron chi connectivity index (χ3n) is 4.86. The fourth-order valence-electron chi connectivity index (χ4n) is 3.43. The zero-order chi connectivity index (χ0) is 18.8. The van der Waals surface area contributed by atoms with Crippen LogP contribution in [0.5, 0.6) is 0 Å². The van der Waals surface area contributed by atoms with E-state index in [0.717, 1.165) is 0 Å². The highest BCUT2D eigenvalue weighted by Crippen LogP contribution is 2.29. The third-order valence-corrected chi connectivity index (χ3v) is 4.86. The van der Waals surface area contributed by atoms with Gasteiger partial charge in [0.1, 0.15) is 6.04 Å². The quantitative estimate of drug-likeness (QED) is 0.575. The first kappa shape index (κ1) is 17.2. The van der Waals surface area contributed by atoms with Crippen LogP contribution in [0.25, 0.3) is 10.8 Å². The van der Waals surface area contributed by atoms with Gasteiger partial charge in [0.05, 0.1) is 0 Å². The Bertz CT molecular complexity index is 995.